The number of fused-ring (bicyclic) bond motifs is 1. The van der Waals surface area contributed by atoms with E-state index in [0.29, 0.717) is 11.3 Å². The van der Waals surface area contributed by atoms with Crippen LogP contribution in [0.25, 0.3) is 10.8 Å². The molecule has 0 spiro atoms. The maximum atomic E-state index is 11.4. The van der Waals surface area contributed by atoms with Crippen LogP contribution in [0.15, 0.2) is 78.9 Å². The standard InChI is InChI=1S/C22H20O4/c1-16(2)22(23)25-15-14-24-20-12-13-21(19-11-7-6-10-18(19)20)26-17-8-4-3-5-9-17/h3-13H,1,14-15H2,2H3. The van der Waals surface area contributed by atoms with E-state index in [9.17, 15) is 4.79 Å². The second kappa shape index (κ2) is 8.21. The molecule has 3 aromatic carbocycles. The lowest BCUT2D eigenvalue weighted by Crippen LogP contribution is -2.12. The quantitative estimate of drug-likeness (QED) is 0.337. The molecule has 0 bridgehead atoms. The number of hydrogen-bond acceptors (Lipinski definition) is 4. The van der Waals surface area contributed by atoms with Gasteiger partial charge in [-0.1, -0.05) is 49.0 Å². The van der Waals surface area contributed by atoms with Crippen LogP contribution in [0, 0.1) is 0 Å². The van der Waals surface area contributed by atoms with E-state index >= 15 is 0 Å². The summed E-state index contributed by atoms with van der Waals surface area (Å²) in [5.74, 6) is 1.84. The summed E-state index contributed by atoms with van der Waals surface area (Å²) in [4.78, 5) is 11.4. The van der Waals surface area contributed by atoms with Crippen LogP contribution in [0.5, 0.6) is 17.2 Å². The van der Waals surface area contributed by atoms with Gasteiger partial charge in [0.05, 0.1) is 0 Å². The molecule has 4 heteroatoms. The Morgan fingerprint density at radius 2 is 1.46 bits per heavy atom. The fourth-order valence-electron chi connectivity index (χ4n) is 2.48. The topological polar surface area (TPSA) is 44.8 Å². The Bertz CT molecular complexity index is 916. The predicted molar refractivity (Wildman–Crippen MR) is 102 cm³/mol. The highest BCUT2D eigenvalue weighted by Crippen LogP contribution is 2.35. The Kier molecular flexibility index (Phi) is 5.54. The molecule has 0 radical (unpaired) electrons. The van der Waals surface area contributed by atoms with Crippen molar-refractivity contribution >= 4 is 16.7 Å². The average Bonchev–Trinajstić information content (AvgIpc) is 2.67. The third kappa shape index (κ3) is 4.22. The van der Waals surface area contributed by atoms with E-state index in [0.717, 1.165) is 22.3 Å². The van der Waals surface area contributed by atoms with Gasteiger partial charge in [-0.05, 0) is 31.2 Å². The first-order valence-corrected chi connectivity index (χ1v) is 8.35. The van der Waals surface area contributed by atoms with Crippen molar-refractivity contribution in [3.8, 4) is 17.2 Å². The number of carbonyl (C=O) groups excluding carboxylic acids is 1. The molecule has 3 rings (SSSR count). The number of carbonyl (C=O) groups is 1. The highest BCUT2D eigenvalue weighted by Gasteiger charge is 2.09. The molecule has 0 heterocycles. The second-order valence-electron chi connectivity index (χ2n) is 5.79. The molecule has 0 atom stereocenters. The van der Waals surface area contributed by atoms with Gasteiger partial charge in [0.2, 0.25) is 0 Å². The van der Waals surface area contributed by atoms with Gasteiger partial charge in [0.15, 0.2) is 0 Å². The van der Waals surface area contributed by atoms with E-state index in [4.69, 9.17) is 14.2 Å². The normalized spacial score (nSPS) is 10.3. The van der Waals surface area contributed by atoms with Crippen LogP contribution in [0.2, 0.25) is 0 Å². The van der Waals surface area contributed by atoms with Gasteiger partial charge in [-0.25, -0.2) is 4.79 Å². The maximum absolute atomic E-state index is 11.4. The van der Waals surface area contributed by atoms with Crippen molar-refractivity contribution in [2.45, 2.75) is 6.92 Å². The zero-order valence-corrected chi connectivity index (χ0v) is 14.6. The molecule has 4 nitrogen and oxygen atoms in total. The van der Waals surface area contributed by atoms with Crippen molar-refractivity contribution in [2.24, 2.45) is 0 Å². The summed E-state index contributed by atoms with van der Waals surface area (Å²) in [6.45, 7) is 5.60. The number of benzene rings is 3. The van der Waals surface area contributed by atoms with E-state index < -0.39 is 5.97 Å². The van der Waals surface area contributed by atoms with Crippen molar-refractivity contribution in [3.63, 3.8) is 0 Å². The predicted octanol–water partition coefficient (Wildman–Crippen LogP) is 5.13. The van der Waals surface area contributed by atoms with E-state index in [2.05, 4.69) is 6.58 Å². The van der Waals surface area contributed by atoms with Crippen LogP contribution in [-0.2, 0) is 9.53 Å². The molecule has 132 valence electrons. The highest BCUT2D eigenvalue weighted by molar-refractivity contribution is 5.93. The Labute approximate surface area is 152 Å². The van der Waals surface area contributed by atoms with Gasteiger partial charge in [0, 0.05) is 16.3 Å². The number of hydrogen-bond donors (Lipinski definition) is 0. The largest absolute Gasteiger partial charge is 0.489 e. The summed E-state index contributed by atoms with van der Waals surface area (Å²) in [7, 11) is 0. The molecule has 0 aliphatic heterocycles. The Morgan fingerprint density at radius 1 is 0.846 bits per heavy atom. The first-order valence-electron chi connectivity index (χ1n) is 8.35. The van der Waals surface area contributed by atoms with Crippen LogP contribution in [0.4, 0.5) is 0 Å². The number of ether oxygens (including phenoxy) is 3. The van der Waals surface area contributed by atoms with E-state index in [1.54, 1.807) is 6.92 Å². The molecule has 0 aliphatic rings. The summed E-state index contributed by atoms with van der Waals surface area (Å²) in [5.41, 5.74) is 0.373. The smallest absolute Gasteiger partial charge is 0.333 e. The molecule has 0 fully saturated rings. The van der Waals surface area contributed by atoms with Crippen LogP contribution in [0.1, 0.15) is 6.92 Å². The highest BCUT2D eigenvalue weighted by atomic mass is 16.6. The summed E-state index contributed by atoms with van der Waals surface area (Å²) < 4.78 is 16.8. The zero-order valence-electron chi connectivity index (χ0n) is 14.6. The molecule has 0 amide bonds. The molecule has 0 N–H and O–H groups in total. The van der Waals surface area contributed by atoms with E-state index in [-0.39, 0.29) is 13.2 Å². The Morgan fingerprint density at radius 3 is 2.15 bits per heavy atom. The van der Waals surface area contributed by atoms with Gasteiger partial charge in [0.25, 0.3) is 0 Å². The van der Waals surface area contributed by atoms with Gasteiger partial charge >= 0.3 is 5.97 Å². The third-order valence-electron chi connectivity index (χ3n) is 3.74. The lowest BCUT2D eigenvalue weighted by molar-refractivity contribution is -0.139. The Hall–Kier alpha value is -3.27. The minimum Gasteiger partial charge on any atom is -0.489 e. The summed E-state index contributed by atoms with van der Waals surface area (Å²) >= 11 is 0. The molecule has 0 aromatic heterocycles. The van der Waals surface area contributed by atoms with Crippen LogP contribution in [0.3, 0.4) is 0 Å². The fraction of sp³-hybridized carbons (Fsp3) is 0.136. The lowest BCUT2D eigenvalue weighted by atomic mass is 10.1. The van der Waals surface area contributed by atoms with Gasteiger partial charge in [-0.3, -0.25) is 0 Å². The van der Waals surface area contributed by atoms with E-state index in [1.807, 2.05) is 66.7 Å². The minimum absolute atomic E-state index is 0.169. The maximum Gasteiger partial charge on any atom is 0.333 e. The molecule has 0 unspecified atom stereocenters. The van der Waals surface area contributed by atoms with Crippen LogP contribution >= 0.6 is 0 Å². The molecule has 3 aromatic rings. The number of esters is 1. The summed E-state index contributed by atoms with van der Waals surface area (Å²) in [6.07, 6.45) is 0. The van der Waals surface area contributed by atoms with Crippen molar-refractivity contribution in [2.75, 3.05) is 13.2 Å². The number of rotatable bonds is 7. The van der Waals surface area contributed by atoms with Gasteiger partial charge < -0.3 is 14.2 Å². The van der Waals surface area contributed by atoms with Crippen LogP contribution < -0.4 is 9.47 Å². The monoisotopic (exact) mass is 348 g/mol. The molecular formula is C22H20O4. The van der Waals surface area contributed by atoms with Gasteiger partial charge in [-0.2, -0.15) is 0 Å². The van der Waals surface area contributed by atoms with Crippen molar-refractivity contribution in [1.82, 2.24) is 0 Å². The molecule has 0 saturated carbocycles. The number of para-hydroxylation sites is 1. The molecular weight excluding hydrogens is 328 g/mol. The fourth-order valence-corrected chi connectivity index (χ4v) is 2.48. The molecule has 26 heavy (non-hydrogen) atoms. The molecule has 0 aliphatic carbocycles. The minimum atomic E-state index is -0.412. The first-order chi connectivity index (χ1) is 12.6. The lowest BCUT2D eigenvalue weighted by Gasteiger charge is -2.13. The third-order valence-corrected chi connectivity index (χ3v) is 3.74. The zero-order chi connectivity index (χ0) is 18.4. The summed E-state index contributed by atoms with van der Waals surface area (Å²) in [5, 5.41) is 1.89. The van der Waals surface area contributed by atoms with Gasteiger partial charge in [-0.15, -0.1) is 0 Å². The average molecular weight is 348 g/mol. The van der Waals surface area contributed by atoms with E-state index in [1.165, 1.54) is 0 Å². The SMILES string of the molecule is C=C(C)C(=O)OCCOc1ccc(Oc2ccccc2)c2ccccc12. The van der Waals surface area contributed by atoms with Gasteiger partial charge in [0.1, 0.15) is 30.5 Å². The van der Waals surface area contributed by atoms with Crippen molar-refractivity contribution < 1.29 is 19.0 Å². The second-order valence-corrected chi connectivity index (χ2v) is 5.79. The summed E-state index contributed by atoms with van der Waals surface area (Å²) in [6, 6.07) is 21.2. The molecule has 0 saturated heterocycles. The Balaban J connectivity index is 1.75. The van der Waals surface area contributed by atoms with Crippen LogP contribution in [-0.4, -0.2) is 19.2 Å². The first kappa shape index (κ1) is 17.5. The van der Waals surface area contributed by atoms with Crippen molar-refractivity contribution in [1.29, 1.82) is 0 Å². The van der Waals surface area contributed by atoms with Crippen molar-refractivity contribution in [3.05, 3.63) is 78.9 Å².